The molecule has 1 fully saturated rings. The monoisotopic (exact) mass is 178 g/mol. The second-order valence-electron chi connectivity index (χ2n) is 3.71. The minimum absolute atomic E-state index is 0.227. The Hall–Kier alpha value is -1.12. The third kappa shape index (κ3) is 1.50. The Kier molecular flexibility index (Phi) is 2.17. The fourth-order valence-corrected chi connectivity index (χ4v) is 1.97. The van der Waals surface area contributed by atoms with Crippen molar-refractivity contribution in [2.75, 3.05) is 0 Å². The van der Waals surface area contributed by atoms with Gasteiger partial charge in [-0.1, -0.05) is 12.8 Å². The van der Waals surface area contributed by atoms with Crippen molar-refractivity contribution in [2.24, 2.45) is 13.0 Å². The Balaban J connectivity index is 2.17. The SMILES string of the molecule is Cn1ccnc1C(=O)C1CCCC1. The summed E-state index contributed by atoms with van der Waals surface area (Å²) in [6.07, 6.45) is 7.99. The second-order valence-corrected chi connectivity index (χ2v) is 3.71. The number of rotatable bonds is 2. The topological polar surface area (TPSA) is 34.9 Å². The first kappa shape index (κ1) is 8.48. The van der Waals surface area contributed by atoms with Crippen LogP contribution in [0.2, 0.25) is 0 Å². The van der Waals surface area contributed by atoms with Crippen LogP contribution in [0, 0.1) is 5.92 Å². The molecule has 1 aliphatic carbocycles. The average molecular weight is 178 g/mol. The molecule has 1 saturated carbocycles. The summed E-state index contributed by atoms with van der Waals surface area (Å²) in [5, 5.41) is 0. The van der Waals surface area contributed by atoms with Gasteiger partial charge in [-0.05, 0) is 12.8 Å². The number of aromatic nitrogens is 2. The first-order chi connectivity index (χ1) is 6.29. The largest absolute Gasteiger partial charge is 0.332 e. The van der Waals surface area contributed by atoms with Gasteiger partial charge in [-0.15, -0.1) is 0 Å². The zero-order valence-electron chi connectivity index (χ0n) is 7.86. The Bertz CT molecular complexity index is 310. The van der Waals surface area contributed by atoms with Crippen molar-refractivity contribution < 1.29 is 4.79 Å². The van der Waals surface area contributed by atoms with Gasteiger partial charge in [-0.25, -0.2) is 4.98 Å². The van der Waals surface area contributed by atoms with Crippen LogP contribution in [0.3, 0.4) is 0 Å². The third-order valence-electron chi connectivity index (χ3n) is 2.77. The summed E-state index contributed by atoms with van der Waals surface area (Å²) in [6.45, 7) is 0. The maximum atomic E-state index is 11.8. The standard InChI is InChI=1S/C10H14N2O/c1-12-7-6-11-10(12)9(13)8-4-2-3-5-8/h6-8H,2-5H2,1H3. The van der Waals surface area contributed by atoms with Crippen LogP contribution in [0.1, 0.15) is 36.3 Å². The molecule has 0 amide bonds. The van der Waals surface area contributed by atoms with E-state index in [1.807, 2.05) is 13.2 Å². The number of ketones is 1. The molecule has 0 N–H and O–H groups in total. The van der Waals surface area contributed by atoms with E-state index in [1.165, 1.54) is 12.8 Å². The molecular weight excluding hydrogens is 164 g/mol. The van der Waals surface area contributed by atoms with Gasteiger partial charge in [0.05, 0.1) is 0 Å². The molecule has 1 heterocycles. The molecule has 3 nitrogen and oxygen atoms in total. The maximum absolute atomic E-state index is 11.8. The third-order valence-corrected chi connectivity index (χ3v) is 2.77. The molecule has 0 saturated heterocycles. The van der Waals surface area contributed by atoms with Gasteiger partial charge in [0.25, 0.3) is 0 Å². The molecule has 2 rings (SSSR count). The Morgan fingerprint density at radius 3 is 2.77 bits per heavy atom. The first-order valence-corrected chi connectivity index (χ1v) is 4.80. The minimum Gasteiger partial charge on any atom is -0.332 e. The van der Waals surface area contributed by atoms with Gasteiger partial charge in [-0.2, -0.15) is 0 Å². The van der Waals surface area contributed by atoms with Crippen molar-refractivity contribution in [2.45, 2.75) is 25.7 Å². The molecular formula is C10H14N2O. The lowest BCUT2D eigenvalue weighted by atomic mass is 10.0. The minimum atomic E-state index is 0.227. The zero-order chi connectivity index (χ0) is 9.26. The van der Waals surface area contributed by atoms with Crippen LogP contribution in [-0.2, 0) is 7.05 Å². The molecule has 1 aromatic heterocycles. The fourth-order valence-electron chi connectivity index (χ4n) is 1.97. The number of imidazole rings is 1. The number of hydrogen-bond acceptors (Lipinski definition) is 2. The summed E-state index contributed by atoms with van der Waals surface area (Å²) < 4.78 is 1.81. The van der Waals surface area contributed by atoms with Crippen molar-refractivity contribution >= 4 is 5.78 Å². The van der Waals surface area contributed by atoms with Crippen LogP contribution >= 0.6 is 0 Å². The molecule has 13 heavy (non-hydrogen) atoms. The van der Waals surface area contributed by atoms with Gasteiger partial charge < -0.3 is 4.57 Å². The molecule has 0 radical (unpaired) electrons. The highest BCUT2D eigenvalue weighted by atomic mass is 16.1. The van der Waals surface area contributed by atoms with Crippen LogP contribution in [0.15, 0.2) is 12.4 Å². The Labute approximate surface area is 77.8 Å². The van der Waals surface area contributed by atoms with Crippen LogP contribution in [0.4, 0.5) is 0 Å². The van der Waals surface area contributed by atoms with Crippen molar-refractivity contribution in [3.05, 3.63) is 18.2 Å². The summed E-state index contributed by atoms with van der Waals surface area (Å²) in [7, 11) is 1.87. The molecule has 0 atom stereocenters. The van der Waals surface area contributed by atoms with Gasteiger partial charge in [-0.3, -0.25) is 4.79 Å². The number of nitrogens with zero attached hydrogens (tertiary/aromatic N) is 2. The maximum Gasteiger partial charge on any atom is 0.201 e. The lowest BCUT2D eigenvalue weighted by Crippen LogP contribution is -2.15. The smallest absolute Gasteiger partial charge is 0.201 e. The number of carbonyl (C=O) groups excluding carboxylic acids is 1. The van der Waals surface area contributed by atoms with Gasteiger partial charge in [0.15, 0.2) is 5.82 Å². The number of aryl methyl sites for hydroxylation is 1. The summed E-state index contributed by atoms with van der Waals surface area (Å²) in [5.74, 6) is 1.08. The van der Waals surface area contributed by atoms with E-state index in [9.17, 15) is 4.79 Å². The van der Waals surface area contributed by atoms with Gasteiger partial charge in [0.1, 0.15) is 0 Å². The van der Waals surface area contributed by atoms with E-state index in [4.69, 9.17) is 0 Å². The molecule has 0 aliphatic heterocycles. The molecule has 70 valence electrons. The zero-order valence-corrected chi connectivity index (χ0v) is 7.86. The number of Topliss-reactive ketones (excluding diaryl/α,β-unsaturated/α-hetero) is 1. The Morgan fingerprint density at radius 1 is 1.54 bits per heavy atom. The van der Waals surface area contributed by atoms with Gasteiger partial charge in [0, 0.05) is 25.4 Å². The molecule has 3 heteroatoms. The van der Waals surface area contributed by atoms with Crippen molar-refractivity contribution in [3.8, 4) is 0 Å². The summed E-state index contributed by atoms with van der Waals surface area (Å²) >= 11 is 0. The van der Waals surface area contributed by atoms with E-state index in [0.717, 1.165) is 12.8 Å². The summed E-state index contributed by atoms with van der Waals surface area (Å²) in [4.78, 5) is 15.9. The predicted molar refractivity (Wildman–Crippen MR) is 49.5 cm³/mol. The number of carbonyl (C=O) groups is 1. The van der Waals surface area contributed by atoms with E-state index in [0.29, 0.717) is 5.82 Å². The Morgan fingerprint density at radius 2 is 2.23 bits per heavy atom. The lowest BCUT2D eigenvalue weighted by molar-refractivity contribution is 0.0909. The fraction of sp³-hybridized carbons (Fsp3) is 0.600. The van der Waals surface area contributed by atoms with Crippen LogP contribution in [0.5, 0.6) is 0 Å². The van der Waals surface area contributed by atoms with E-state index >= 15 is 0 Å². The van der Waals surface area contributed by atoms with Crippen molar-refractivity contribution in [3.63, 3.8) is 0 Å². The molecule has 0 bridgehead atoms. The molecule has 0 unspecified atom stereocenters. The highest BCUT2D eigenvalue weighted by Crippen LogP contribution is 2.27. The van der Waals surface area contributed by atoms with Crippen LogP contribution in [-0.4, -0.2) is 15.3 Å². The number of hydrogen-bond donors (Lipinski definition) is 0. The van der Waals surface area contributed by atoms with Crippen molar-refractivity contribution in [1.82, 2.24) is 9.55 Å². The summed E-state index contributed by atoms with van der Waals surface area (Å²) in [5.41, 5.74) is 0. The normalized spacial score (nSPS) is 17.9. The molecule has 0 spiro atoms. The van der Waals surface area contributed by atoms with Gasteiger partial charge in [0.2, 0.25) is 5.78 Å². The van der Waals surface area contributed by atoms with E-state index in [-0.39, 0.29) is 11.7 Å². The highest BCUT2D eigenvalue weighted by molar-refractivity contribution is 5.94. The van der Waals surface area contributed by atoms with E-state index < -0.39 is 0 Å². The molecule has 1 aliphatic rings. The molecule has 0 aromatic carbocycles. The quantitative estimate of drug-likeness (QED) is 0.647. The van der Waals surface area contributed by atoms with E-state index in [1.54, 1.807) is 10.8 Å². The second kappa shape index (κ2) is 3.32. The van der Waals surface area contributed by atoms with E-state index in [2.05, 4.69) is 4.98 Å². The van der Waals surface area contributed by atoms with Crippen LogP contribution < -0.4 is 0 Å². The predicted octanol–water partition coefficient (Wildman–Crippen LogP) is 1.79. The van der Waals surface area contributed by atoms with Gasteiger partial charge >= 0.3 is 0 Å². The van der Waals surface area contributed by atoms with Crippen molar-refractivity contribution in [1.29, 1.82) is 0 Å². The average Bonchev–Trinajstić information content (AvgIpc) is 2.72. The highest BCUT2D eigenvalue weighted by Gasteiger charge is 2.25. The lowest BCUT2D eigenvalue weighted by Gasteiger charge is -2.06. The molecule has 1 aromatic rings. The first-order valence-electron chi connectivity index (χ1n) is 4.80. The van der Waals surface area contributed by atoms with Crippen LogP contribution in [0.25, 0.3) is 0 Å². The summed E-state index contributed by atoms with van der Waals surface area (Å²) in [6, 6.07) is 0.